The van der Waals surface area contributed by atoms with Crippen molar-refractivity contribution < 1.29 is 8.42 Å². The van der Waals surface area contributed by atoms with Gasteiger partial charge in [-0.3, -0.25) is 9.36 Å². The molecule has 1 aromatic heterocycles. The summed E-state index contributed by atoms with van der Waals surface area (Å²) in [4.78, 5) is 14.1. The van der Waals surface area contributed by atoms with Gasteiger partial charge in [0, 0.05) is 29.6 Å². The number of hydrogen-bond acceptors (Lipinski definition) is 3. The lowest BCUT2D eigenvalue weighted by Gasteiger charge is -2.20. The van der Waals surface area contributed by atoms with Crippen LogP contribution in [-0.2, 0) is 9.84 Å². The molecule has 226 valence electrons. The van der Waals surface area contributed by atoms with Crippen LogP contribution < -0.4 is 5.43 Å². The smallest absolute Gasteiger partial charge is 0.197 e. The number of alkyl halides is 2. The van der Waals surface area contributed by atoms with E-state index < -0.39 is 9.84 Å². The molecule has 43 heavy (non-hydrogen) atoms. The summed E-state index contributed by atoms with van der Waals surface area (Å²) in [6, 6.07) is 23.8. The van der Waals surface area contributed by atoms with Gasteiger partial charge >= 0.3 is 0 Å². The lowest BCUT2D eigenvalue weighted by atomic mass is 9.99. The van der Waals surface area contributed by atoms with Crippen molar-refractivity contribution in [3.05, 3.63) is 89.3 Å². The first-order valence-electron chi connectivity index (χ1n) is 15.0. The van der Waals surface area contributed by atoms with Crippen LogP contribution in [0, 0.1) is 12.0 Å². The van der Waals surface area contributed by atoms with E-state index >= 15 is 0 Å². The Balaban J connectivity index is 1.54. The maximum Gasteiger partial charge on any atom is 0.197 e. The average Bonchev–Trinajstić information content (AvgIpc) is 2.99. The normalized spacial score (nSPS) is 11.8. The maximum absolute atomic E-state index is 13.9. The molecule has 0 radical (unpaired) electrons. The monoisotopic (exact) mass is 819 g/mol. The second-order valence-electron chi connectivity index (χ2n) is 11.1. The van der Waals surface area contributed by atoms with E-state index in [9.17, 15) is 13.2 Å². The van der Waals surface area contributed by atoms with Crippen molar-refractivity contribution in [1.29, 1.82) is 0 Å². The van der Waals surface area contributed by atoms with Gasteiger partial charge in [0.05, 0.1) is 12.1 Å². The lowest BCUT2D eigenvalue weighted by Crippen LogP contribution is -2.15. The van der Waals surface area contributed by atoms with Crippen LogP contribution in [0.1, 0.15) is 71.6 Å². The Kier molecular flexibility index (Phi) is 12.3. The fourth-order valence-electron chi connectivity index (χ4n) is 5.32. The summed E-state index contributed by atoms with van der Waals surface area (Å²) in [6.07, 6.45) is 13.5. The van der Waals surface area contributed by atoms with E-state index in [1.807, 2.05) is 42.5 Å². The van der Waals surface area contributed by atoms with Gasteiger partial charge < -0.3 is 0 Å². The second kappa shape index (κ2) is 15.7. The average molecular weight is 820 g/mol. The number of halogens is 2. The van der Waals surface area contributed by atoms with Gasteiger partial charge in [0.1, 0.15) is 0 Å². The van der Waals surface area contributed by atoms with Crippen molar-refractivity contribution in [1.82, 2.24) is 4.57 Å². The third-order valence-electron chi connectivity index (χ3n) is 7.68. The summed E-state index contributed by atoms with van der Waals surface area (Å²) in [5, 5.41) is 2.14. The Hall–Kier alpha value is -2.16. The van der Waals surface area contributed by atoms with Crippen molar-refractivity contribution in [2.24, 2.45) is 0 Å². The zero-order valence-electron chi connectivity index (χ0n) is 24.9. The summed E-state index contributed by atoms with van der Waals surface area (Å²) in [5.41, 5.74) is 2.14. The summed E-state index contributed by atoms with van der Waals surface area (Å²) in [5.74, 6) is 2.99. The quantitative estimate of drug-likeness (QED) is 0.0551. The Labute approximate surface area is 283 Å². The number of nitrogens with zero attached hydrogens (tertiary/aromatic N) is 1. The van der Waals surface area contributed by atoms with Gasteiger partial charge in [0.25, 0.3) is 0 Å². The highest BCUT2D eigenvalue weighted by Gasteiger charge is 2.24. The molecule has 0 spiro atoms. The molecule has 0 aliphatic rings. The number of benzene rings is 3. The van der Waals surface area contributed by atoms with E-state index in [4.69, 9.17) is 0 Å². The van der Waals surface area contributed by atoms with Crippen molar-refractivity contribution in [3.63, 3.8) is 0 Å². The van der Waals surface area contributed by atoms with Crippen molar-refractivity contribution in [2.45, 2.75) is 78.0 Å². The van der Waals surface area contributed by atoms with E-state index in [-0.39, 0.29) is 17.5 Å². The summed E-state index contributed by atoms with van der Waals surface area (Å²) >= 11 is 4.99. The van der Waals surface area contributed by atoms with E-state index in [1.165, 1.54) is 38.5 Å². The minimum atomic E-state index is -3.51. The number of pyridine rings is 1. The molecular formula is C36H39I2NO3S. The molecule has 7 heteroatoms. The highest BCUT2D eigenvalue weighted by molar-refractivity contribution is 14.2. The maximum atomic E-state index is 13.9. The Morgan fingerprint density at radius 1 is 0.767 bits per heavy atom. The summed E-state index contributed by atoms with van der Waals surface area (Å²) < 4.78 is 28.6. The summed E-state index contributed by atoms with van der Waals surface area (Å²) in [6.45, 7) is 3.98. The second-order valence-corrected chi connectivity index (χ2v) is 19.4. The molecule has 4 rings (SSSR count). The number of unbranched alkanes of at least 4 members (excludes halogenated alkanes) is 5. The molecule has 0 atom stereocenters. The third-order valence-corrected chi connectivity index (χ3v) is 11.6. The van der Waals surface area contributed by atoms with Crippen LogP contribution in [0.25, 0.3) is 33.0 Å². The van der Waals surface area contributed by atoms with Crippen molar-refractivity contribution >= 4 is 65.8 Å². The van der Waals surface area contributed by atoms with Gasteiger partial charge in [-0.1, -0.05) is 145 Å². The van der Waals surface area contributed by atoms with E-state index in [1.54, 1.807) is 48.1 Å². The van der Waals surface area contributed by atoms with Crippen LogP contribution in [0.5, 0.6) is 0 Å². The van der Waals surface area contributed by atoms with Crippen molar-refractivity contribution in [3.8, 4) is 34.2 Å². The molecule has 0 saturated carbocycles. The van der Waals surface area contributed by atoms with Gasteiger partial charge in [0.15, 0.2) is 15.3 Å². The Bertz CT molecular complexity index is 1780. The van der Waals surface area contributed by atoms with Crippen LogP contribution in [0.2, 0.25) is 0 Å². The molecule has 4 nitrogen and oxygen atoms in total. The van der Waals surface area contributed by atoms with Crippen LogP contribution in [0.15, 0.2) is 88.8 Å². The Morgan fingerprint density at radius 3 is 2.14 bits per heavy atom. The Morgan fingerprint density at radius 2 is 1.42 bits per heavy atom. The van der Waals surface area contributed by atoms with Gasteiger partial charge in [-0.25, -0.2) is 8.42 Å². The lowest BCUT2D eigenvalue weighted by molar-refractivity contribution is 0.565. The third kappa shape index (κ3) is 9.41. The van der Waals surface area contributed by atoms with Gasteiger partial charge in [0.2, 0.25) is 0 Å². The molecule has 1 heterocycles. The predicted molar refractivity (Wildman–Crippen MR) is 198 cm³/mol. The molecule has 0 unspecified atom stereocenters. The number of hydrogen-bond donors (Lipinski definition) is 0. The zero-order chi connectivity index (χ0) is 30.9. The number of rotatable bonds is 14. The van der Waals surface area contributed by atoms with Crippen LogP contribution in [0.4, 0.5) is 0 Å². The van der Waals surface area contributed by atoms with E-state index in [2.05, 4.69) is 64.1 Å². The highest BCUT2D eigenvalue weighted by atomic mass is 127. The molecule has 0 bridgehead atoms. The highest BCUT2D eigenvalue weighted by Crippen LogP contribution is 2.38. The first kappa shape index (κ1) is 33.7. The van der Waals surface area contributed by atoms with Crippen LogP contribution in [-0.4, -0.2) is 20.2 Å². The van der Waals surface area contributed by atoms with Crippen LogP contribution in [0.3, 0.4) is 0 Å². The van der Waals surface area contributed by atoms with E-state index in [0.29, 0.717) is 23.1 Å². The molecular weight excluding hydrogens is 780 g/mol. The molecule has 0 aliphatic heterocycles. The predicted octanol–water partition coefficient (Wildman–Crippen LogP) is 10.0. The minimum absolute atomic E-state index is 0.0618. The fraction of sp³-hybridized carbons (Fsp3) is 0.361. The number of sulfone groups is 1. The molecule has 0 N–H and O–H groups in total. The standard InChI is InChI=1S/C36H39I2NO3S/c1-3-5-6-7-8-11-20-36(37,38)21-13-23-43(41,42)32-17-12-16-30(25-32)33-26-39(22-4-2)27-34(35(33)40)31-19-18-28-14-9-10-15-29(28)24-31/h9-10,12,14-19,24-27H,3,5-8,11,13,20-21,23H2,1-2H3. The largest absolute Gasteiger partial charge is 0.288 e. The molecule has 0 saturated heterocycles. The first-order valence-corrected chi connectivity index (χ1v) is 18.8. The number of fused-ring (bicyclic) bond motifs is 1. The zero-order valence-corrected chi connectivity index (χ0v) is 30.0. The topological polar surface area (TPSA) is 56.1 Å². The fourth-order valence-corrected chi connectivity index (χ4v) is 8.20. The minimum Gasteiger partial charge on any atom is -0.288 e. The summed E-state index contributed by atoms with van der Waals surface area (Å²) in [7, 11) is -3.51. The first-order chi connectivity index (χ1) is 20.6. The molecule has 4 aromatic rings. The SMILES string of the molecule is CC#Cn1cc(-c2cccc(S(=O)(=O)CCCC(I)(I)CCCCCCCC)c2)c(=O)c(-c2ccc3ccccc3c2)c1. The molecule has 3 aromatic carbocycles. The van der Waals surface area contributed by atoms with Gasteiger partial charge in [-0.2, -0.15) is 0 Å². The van der Waals surface area contributed by atoms with E-state index in [0.717, 1.165) is 29.2 Å². The molecule has 0 amide bonds. The van der Waals surface area contributed by atoms with Gasteiger partial charge in [-0.05, 0) is 66.3 Å². The van der Waals surface area contributed by atoms with Gasteiger partial charge in [-0.15, -0.1) is 0 Å². The molecule has 0 aliphatic carbocycles. The van der Waals surface area contributed by atoms with Crippen LogP contribution >= 0.6 is 45.2 Å². The number of aromatic nitrogens is 1. The molecule has 0 fully saturated rings. The van der Waals surface area contributed by atoms with Crippen molar-refractivity contribution in [2.75, 3.05) is 5.75 Å².